The molecule has 8 heteroatoms. The van der Waals surface area contributed by atoms with Crippen LogP contribution in [0.1, 0.15) is 11.7 Å². The second kappa shape index (κ2) is 5.98. The first-order valence-corrected chi connectivity index (χ1v) is 7.48. The highest BCUT2D eigenvalue weighted by atomic mass is 35.5. The van der Waals surface area contributed by atoms with Gasteiger partial charge in [0.1, 0.15) is 0 Å². The molecule has 0 bridgehead atoms. The summed E-state index contributed by atoms with van der Waals surface area (Å²) in [6, 6.07) is 12.5. The zero-order valence-electron chi connectivity index (χ0n) is 11.9. The Balaban J connectivity index is 2.08. The van der Waals surface area contributed by atoms with Gasteiger partial charge in [0.15, 0.2) is 6.17 Å². The van der Waals surface area contributed by atoms with Crippen LogP contribution in [0.25, 0.3) is 0 Å². The second-order valence-electron chi connectivity index (χ2n) is 4.97. The molecular weight excluding hydrogens is 335 g/mol. The average Bonchev–Trinajstić information content (AvgIpc) is 2.50. The lowest BCUT2D eigenvalue weighted by Gasteiger charge is -2.33. The zero-order chi connectivity index (χ0) is 16.6. The summed E-state index contributed by atoms with van der Waals surface area (Å²) in [6.45, 7) is 0. The highest BCUT2D eigenvalue weighted by molar-refractivity contribution is 6.42. The van der Waals surface area contributed by atoms with Gasteiger partial charge in [-0.25, -0.2) is 4.99 Å². The van der Waals surface area contributed by atoms with Gasteiger partial charge in [-0.3, -0.25) is 4.90 Å². The number of aliphatic imine (C=N–C) groups is 2. The van der Waals surface area contributed by atoms with E-state index < -0.39 is 6.17 Å². The highest BCUT2D eigenvalue weighted by Gasteiger charge is 2.27. The molecule has 118 valence electrons. The minimum absolute atomic E-state index is 0.112. The van der Waals surface area contributed by atoms with E-state index in [0.29, 0.717) is 21.4 Å². The van der Waals surface area contributed by atoms with Crippen LogP contribution in [0.2, 0.25) is 10.0 Å². The van der Waals surface area contributed by atoms with E-state index in [9.17, 15) is 0 Å². The lowest BCUT2D eigenvalue weighted by Crippen LogP contribution is -2.44. The van der Waals surface area contributed by atoms with Crippen LogP contribution in [-0.2, 0) is 0 Å². The third kappa shape index (κ3) is 3.04. The fourth-order valence-electron chi connectivity index (χ4n) is 2.31. The monoisotopic (exact) mass is 348 g/mol. The van der Waals surface area contributed by atoms with E-state index >= 15 is 0 Å². The van der Waals surface area contributed by atoms with Gasteiger partial charge in [-0.1, -0.05) is 35.3 Å². The minimum atomic E-state index is -0.467. The molecule has 2 aromatic carbocycles. The van der Waals surface area contributed by atoms with Crippen LogP contribution in [0, 0.1) is 0 Å². The molecule has 6 N–H and O–H groups in total. The van der Waals surface area contributed by atoms with E-state index in [2.05, 4.69) is 9.98 Å². The van der Waals surface area contributed by atoms with Crippen LogP contribution in [0.15, 0.2) is 52.4 Å². The van der Waals surface area contributed by atoms with E-state index in [-0.39, 0.29) is 11.9 Å². The van der Waals surface area contributed by atoms with E-state index in [1.54, 1.807) is 35.2 Å². The maximum Gasteiger partial charge on any atom is 0.221 e. The Labute approximate surface area is 143 Å². The summed E-state index contributed by atoms with van der Waals surface area (Å²) in [5, 5.41) is 0.866. The number of hydrogen-bond acceptors (Lipinski definition) is 6. The largest absolute Gasteiger partial charge is 0.399 e. The van der Waals surface area contributed by atoms with E-state index in [4.69, 9.17) is 40.4 Å². The molecule has 0 saturated carbocycles. The van der Waals surface area contributed by atoms with Crippen molar-refractivity contribution in [3.63, 3.8) is 0 Å². The fraction of sp³-hybridized carbons (Fsp3) is 0.0667. The van der Waals surface area contributed by atoms with Crippen LogP contribution < -0.4 is 22.1 Å². The van der Waals surface area contributed by atoms with Crippen LogP contribution in [0.3, 0.4) is 0 Å². The molecule has 6 nitrogen and oxygen atoms in total. The Morgan fingerprint density at radius 1 is 0.913 bits per heavy atom. The van der Waals surface area contributed by atoms with Crippen molar-refractivity contribution < 1.29 is 0 Å². The molecule has 0 saturated heterocycles. The number of benzene rings is 2. The van der Waals surface area contributed by atoms with E-state index in [1.165, 1.54) is 0 Å². The normalized spacial score (nSPS) is 17.7. The summed E-state index contributed by atoms with van der Waals surface area (Å²) >= 11 is 12.1. The molecule has 3 rings (SSSR count). The maximum absolute atomic E-state index is 6.11. The number of nitrogens with two attached hydrogens (primary N) is 3. The Kier molecular flexibility index (Phi) is 4.02. The Morgan fingerprint density at radius 2 is 1.61 bits per heavy atom. The van der Waals surface area contributed by atoms with E-state index in [1.807, 2.05) is 12.1 Å². The number of rotatable bonds is 2. The second-order valence-corrected chi connectivity index (χ2v) is 5.78. The number of guanidine groups is 2. The summed E-state index contributed by atoms with van der Waals surface area (Å²) in [4.78, 5) is 10.1. The smallest absolute Gasteiger partial charge is 0.221 e. The number of hydrogen-bond donors (Lipinski definition) is 3. The van der Waals surface area contributed by atoms with Gasteiger partial charge in [0.25, 0.3) is 0 Å². The molecular formula is C15H14Cl2N6. The van der Waals surface area contributed by atoms with Gasteiger partial charge in [0.05, 0.1) is 10.0 Å². The van der Waals surface area contributed by atoms with Gasteiger partial charge in [-0.2, -0.15) is 4.99 Å². The molecule has 2 aromatic rings. The standard InChI is InChI=1S/C15H14Cl2N6/c16-11-6-5-10(7-12(11)17)23-13(21-14(19)22-15(23)20)8-1-3-9(18)4-2-8/h1-7,13H,18H2,(H4,19,20,21,22)/t13-/m1/s1. The molecule has 0 aliphatic carbocycles. The van der Waals surface area contributed by atoms with Gasteiger partial charge in [0, 0.05) is 11.4 Å². The Morgan fingerprint density at radius 3 is 2.26 bits per heavy atom. The maximum atomic E-state index is 6.11. The van der Waals surface area contributed by atoms with Crippen LogP contribution >= 0.6 is 23.2 Å². The van der Waals surface area contributed by atoms with Crippen molar-refractivity contribution in [2.24, 2.45) is 21.5 Å². The fourth-order valence-corrected chi connectivity index (χ4v) is 2.60. The van der Waals surface area contributed by atoms with Crippen molar-refractivity contribution in [3.8, 4) is 0 Å². The summed E-state index contributed by atoms with van der Waals surface area (Å²) in [5.41, 5.74) is 19.8. The minimum Gasteiger partial charge on any atom is -0.399 e. The SMILES string of the molecule is NC1=N[C@@H](c2ccc(N)cc2)N(c2ccc(Cl)c(Cl)c2)C(N)=N1. The average molecular weight is 349 g/mol. The van der Waals surface area contributed by atoms with Crippen molar-refractivity contribution in [3.05, 3.63) is 58.1 Å². The van der Waals surface area contributed by atoms with Gasteiger partial charge in [0.2, 0.25) is 11.9 Å². The molecule has 0 spiro atoms. The number of nitrogens with zero attached hydrogens (tertiary/aromatic N) is 3. The zero-order valence-corrected chi connectivity index (χ0v) is 13.5. The van der Waals surface area contributed by atoms with Gasteiger partial charge in [-0.15, -0.1) is 0 Å². The third-order valence-electron chi connectivity index (χ3n) is 3.39. The molecule has 1 heterocycles. The van der Waals surface area contributed by atoms with E-state index in [0.717, 1.165) is 5.56 Å². The molecule has 1 atom stereocenters. The first-order chi connectivity index (χ1) is 11.0. The van der Waals surface area contributed by atoms with Crippen LogP contribution in [0.4, 0.5) is 11.4 Å². The quantitative estimate of drug-likeness (QED) is 0.725. The molecule has 1 aliphatic heterocycles. The number of halogens is 2. The summed E-state index contributed by atoms with van der Waals surface area (Å²) in [6.07, 6.45) is -0.467. The van der Waals surface area contributed by atoms with Gasteiger partial charge < -0.3 is 17.2 Å². The predicted molar refractivity (Wildman–Crippen MR) is 95.8 cm³/mol. The molecule has 23 heavy (non-hydrogen) atoms. The molecule has 1 aliphatic rings. The van der Waals surface area contributed by atoms with Gasteiger partial charge >= 0.3 is 0 Å². The first-order valence-electron chi connectivity index (χ1n) is 6.73. The van der Waals surface area contributed by atoms with Crippen molar-refractivity contribution in [2.45, 2.75) is 6.17 Å². The molecule has 0 amide bonds. The van der Waals surface area contributed by atoms with Crippen LogP contribution in [0.5, 0.6) is 0 Å². The summed E-state index contributed by atoms with van der Waals surface area (Å²) < 4.78 is 0. The topological polar surface area (TPSA) is 106 Å². The lowest BCUT2D eigenvalue weighted by atomic mass is 10.1. The molecule has 0 aromatic heterocycles. The number of nitrogen functional groups attached to an aromatic ring is 1. The van der Waals surface area contributed by atoms with Gasteiger partial charge in [-0.05, 0) is 35.9 Å². The number of anilines is 2. The van der Waals surface area contributed by atoms with Crippen molar-refractivity contribution >= 4 is 46.5 Å². The third-order valence-corrected chi connectivity index (χ3v) is 4.13. The first kappa shape index (κ1) is 15.5. The Bertz CT molecular complexity index is 800. The molecule has 0 unspecified atom stereocenters. The molecule has 0 radical (unpaired) electrons. The highest BCUT2D eigenvalue weighted by Crippen LogP contribution is 2.34. The predicted octanol–water partition coefficient (Wildman–Crippen LogP) is 2.72. The summed E-state index contributed by atoms with van der Waals surface area (Å²) in [7, 11) is 0. The summed E-state index contributed by atoms with van der Waals surface area (Å²) in [5.74, 6) is 0.332. The van der Waals surface area contributed by atoms with Crippen LogP contribution in [-0.4, -0.2) is 11.9 Å². The Hall–Kier alpha value is -2.44. The van der Waals surface area contributed by atoms with Crippen molar-refractivity contribution in [2.75, 3.05) is 10.6 Å². The van der Waals surface area contributed by atoms with Crippen molar-refractivity contribution in [1.82, 2.24) is 0 Å². The lowest BCUT2D eigenvalue weighted by molar-refractivity contribution is 0.736. The van der Waals surface area contributed by atoms with Crippen molar-refractivity contribution in [1.29, 1.82) is 0 Å². The molecule has 0 fully saturated rings.